The fraction of sp³-hybridized carbons (Fsp3) is 0.300. The van der Waals surface area contributed by atoms with E-state index in [1.165, 1.54) is 12.1 Å². The molecular weight excluding hydrogens is 574 g/mol. The summed E-state index contributed by atoms with van der Waals surface area (Å²) in [4.78, 5) is 12.6. The van der Waals surface area contributed by atoms with Crippen molar-refractivity contribution in [2.45, 2.75) is 49.0 Å². The SMILES string of the molecule is C=CCCNCc1ccc2c(c1)OCC[C@H]2NC(=O)C[C@@H](NS(=O)(=O)c1cccc(C(F)(F)F)c1)c1ccc(F)cc1. The molecular formula is C30H31F4N3O4S. The largest absolute Gasteiger partial charge is 0.493 e. The molecule has 1 amide bonds. The molecule has 42 heavy (non-hydrogen) atoms. The second-order valence-corrected chi connectivity index (χ2v) is 11.6. The summed E-state index contributed by atoms with van der Waals surface area (Å²) in [6.45, 7) is 5.47. The molecule has 1 aliphatic rings. The summed E-state index contributed by atoms with van der Waals surface area (Å²) >= 11 is 0. The molecule has 2 atom stereocenters. The molecule has 3 N–H and O–H groups in total. The first-order chi connectivity index (χ1) is 20.0. The lowest BCUT2D eigenvalue weighted by molar-refractivity contribution is -0.137. The normalized spacial score (nSPS) is 15.8. The Kier molecular flexibility index (Phi) is 10.0. The Morgan fingerprint density at radius 1 is 1.10 bits per heavy atom. The van der Waals surface area contributed by atoms with Crippen LogP contribution in [0.2, 0.25) is 0 Å². The highest BCUT2D eigenvalue weighted by molar-refractivity contribution is 7.89. The molecule has 1 aliphatic heterocycles. The van der Waals surface area contributed by atoms with E-state index in [2.05, 4.69) is 21.9 Å². The molecule has 0 aromatic heterocycles. The van der Waals surface area contributed by atoms with E-state index in [0.717, 1.165) is 54.4 Å². The van der Waals surface area contributed by atoms with Crippen molar-refractivity contribution in [2.24, 2.45) is 0 Å². The first-order valence-electron chi connectivity index (χ1n) is 13.3. The summed E-state index contributed by atoms with van der Waals surface area (Å²) in [5.74, 6) is -0.448. The van der Waals surface area contributed by atoms with Gasteiger partial charge in [-0.15, -0.1) is 6.58 Å². The molecule has 0 saturated heterocycles. The van der Waals surface area contributed by atoms with Gasteiger partial charge in [-0.3, -0.25) is 4.79 Å². The van der Waals surface area contributed by atoms with Crippen molar-refractivity contribution in [3.63, 3.8) is 0 Å². The summed E-state index contributed by atoms with van der Waals surface area (Å²) in [6, 6.07) is 12.3. The fourth-order valence-corrected chi connectivity index (χ4v) is 5.86. The molecule has 7 nitrogen and oxygen atoms in total. The molecule has 4 rings (SSSR count). The number of halogens is 4. The van der Waals surface area contributed by atoms with E-state index in [1.807, 2.05) is 24.3 Å². The molecule has 0 bridgehead atoms. The molecule has 0 saturated carbocycles. The highest BCUT2D eigenvalue weighted by Crippen LogP contribution is 2.34. The van der Waals surface area contributed by atoms with Gasteiger partial charge in [0.05, 0.1) is 29.1 Å². The number of benzene rings is 3. The highest BCUT2D eigenvalue weighted by Gasteiger charge is 2.33. The van der Waals surface area contributed by atoms with Crippen LogP contribution in [0.5, 0.6) is 5.75 Å². The van der Waals surface area contributed by atoms with Gasteiger partial charge in [0.1, 0.15) is 11.6 Å². The molecule has 0 spiro atoms. The Hall–Kier alpha value is -3.74. The Morgan fingerprint density at radius 3 is 2.57 bits per heavy atom. The van der Waals surface area contributed by atoms with Crippen LogP contribution in [0.3, 0.4) is 0 Å². The molecule has 224 valence electrons. The van der Waals surface area contributed by atoms with Crippen LogP contribution in [0.4, 0.5) is 17.6 Å². The third kappa shape index (κ3) is 8.17. The van der Waals surface area contributed by atoms with Gasteiger partial charge in [0.25, 0.3) is 0 Å². The monoisotopic (exact) mass is 605 g/mol. The summed E-state index contributed by atoms with van der Waals surface area (Å²) in [5.41, 5.74) is 0.913. The zero-order valence-electron chi connectivity index (χ0n) is 22.6. The molecule has 3 aromatic rings. The van der Waals surface area contributed by atoms with Crippen LogP contribution in [-0.2, 0) is 27.5 Å². The van der Waals surface area contributed by atoms with Crippen molar-refractivity contribution in [2.75, 3.05) is 13.2 Å². The summed E-state index contributed by atoms with van der Waals surface area (Å²) in [5, 5.41) is 6.22. The number of sulfonamides is 1. The minimum atomic E-state index is -4.75. The van der Waals surface area contributed by atoms with Crippen LogP contribution in [0.25, 0.3) is 0 Å². The van der Waals surface area contributed by atoms with Crippen molar-refractivity contribution < 1.29 is 35.5 Å². The summed E-state index contributed by atoms with van der Waals surface area (Å²) < 4.78 is 87.6. The minimum absolute atomic E-state index is 0.267. The van der Waals surface area contributed by atoms with Crippen LogP contribution in [-0.4, -0.2) is 27.5 Å². The topological polar surface area (TPSA) is 96.5 Å². The number of carbonyl (C=O) groups excluding carboxylic acids is 1. The van der Waals surface area contributed by atoms with E-state index in [4.69, 9.17) is 4.74 Å². The van der Waals surface area contributed by atoms with Crippen LogP contribution < -0.4 is 20.1 Å². The number of ether oxygens (including phenoxy) is 1. The van der Waals surface area contributed by atoms with Gasteiger partial charge < -0.3 is 15.4 Å². The lowest BCUT2D eigenvalue weighted by Gasteiger charge is -2.28. The maximum absolute atomic E-state index is 13.6. The predicted octanol–water partition coefficient (Wildman–Crippen LogP) is 5.56. The molecule has 3 aromatic carbocycles. The Balaban J connectivity index is 1.51. The van der Waals surface area contributed by atoms with Gasteiger partial charge >= 0.3 is 6.18 Å². The number of nitrogens with one attached hydrogen (secondary N) is 3. The zero-order chi connectivity index (χ0) is 30.3. The van der Waals surface area contributed by atoms with Gasteiger partial charge in [-0.1, -0.05) is 36.4 Å². The van der Waals surface area contributed by atoms with Gasteiger partial charge in [-0.05, 0) is 60.5 Å². The molecule has 0 aliphatic carbocycles. The number of hydrogen-bond donors (Lipinski definition) is 3. The molecule has 0 unspecified atom stereocenters. The molecule has 0 radical (unpaired) electrons. The average molecular weight is 606 g/mol. The van der Waals surface area contributed by atoms with Crippen molar-refractivity contribution in [3.05, 3.63) is 107 Å². The first kappa shape index (κ1) is 31.2. The number of fused-ring (bicyclic) bond motifs is 1. The van der Waals surface area contributed by atoms with E-state index < -0.39 is 50.5 Å². The van der Waals surface area contributed by atoms with Crippen molar-refractivity contribution >= 4 is 15.9 Å². The second-order valence-electron chi connectivity index (χ2n) is 9.84. The lowest BCUT2D eigenvalue weighted by atomic mass is 9.98. The Bertz CT molecular complexity index is 1510. The van der Waals surface area contributed by atoms with Crippen molar-refractivity contribution in [1.29, 1.82) is 0 Å². The van der Waals surface area contributed by atoms with Gasteiger partial charge in [0.15, 0.2) is 0 Å². The van der Waals surface area contributed by atoms with Gasteiger partial charge in [0, 0.05) is 24.9 Å². The van der Waals surface area contributed by atoms with Gasteiger partial charge in [0.2, 0.25) is 15.9 Å². The maximum atomic E-state index is 13.6. The van der Waals surface area contributed by atoms with Gasteiger partial charge in [-0.25, -0.2) is 17.5 Å². The van der Waals surface area contributed by atoms with Crippen LogP contribution in [0.15, 0.2) is 84.3 Å². The second kappa shape index (κ2) is 13.5. The van der Waals surface area contributed by atoms with E-state index in [9.17, 15) is 30.8 Å². The Labute approximate surface area is 242 Å². The van der Waals surface area contributed by atoms with E-state index in [-0.39, 0.29) is 12.0 Å². The third-order valence-corrected chi connectivity index (χ3v) is 8.21. The smallest absolute Gasteiger partial charge is 0.416 e. The molecule has 12 heteroatoms. The number of rotatable bonds is 12. The highest BCUT2D eigenvalue weighted by atomic mass is 32.2. The standard InChI is InChI=1S/C30H31F4N3O4S/c1-2-3-14-35-19-20-7-12-25-26(13-15-41-28(25)16-20)36-29(38)18-27(21-8-10-23(31)11-9-21)37-42(39,40)24-6-4-5-22(17-24)30(32,33)34/h2,4-12,16-17,26-27,35,37H,1,3,13-15,18-19H2,(H,36,38)/t26-,27-/m1/s1. The molecule has 1 heterocycles. The van der Waals surface area contributed by atoms with Crippen LogP contribution in [0, 0.1) is 5.82 Å². The molecule has 0 fully saturated rings. The van der Waals surface area contributed by atoms with Gasteiger partial charge in [-0.2, -0.15) is 13.2 Å². The predicted molar refractivity (Wildman–Crippen MR) is 149 cm³/mol. The maximum Gasteiger partial charge on any atom is 0.416 e. The third-order valence-electron chi connectivity index (χ3n) is 6.74. The number of amides is 1. The van der Waals surface area contributed by atoms with Crippen LogP contribution in [0.1, 0.15) is 53.6 Å². The summed E-state index contributed by atoms with van der Waals surface area (Å²) in [7, 11) is -4.50. The zero-order valence-corrected chi connectivity index (χ0v) is 23.4. The van der Waals surface area contributed by atoms with Crippen molar-refractivity contribution in [3.8, 4) is 5.75 Å². The van der Waals surface area contributed by atoms with E-state index in [1.54, 1.807) is 0 Å². The van der Waals surface area contributed by atoms with E-state index in [0.29, 0.717) is 31.4 Å². The quantitative estimate of drug-likeness (QED) is 0.143. The number of carbonyl (C=O) groups is 1. The average Bonchev–Trinajstić information content (AvgIpc) is 2.95. The van der Waals surface area contributed by atoms with Crippen LogP contribution >= 0.6 is 0 Å². The van der Waals surface area contributed by atoms with Crippen molar-refractivity contribution in [1.82, 2.24) is 15.4 Å². The fourth-order valence-electron chi connectivity index (χ4n) is 4.59. The summed E-state index contributed by atoms with van der Waals surface area (Å²) in [6.07, 6.45) is -1.99. The number of alkyl halides is 3. The first-order valence-corrected chi connectivity index (χ1v) is 14.8. The Morgan fingerprint density at radius 2 is 1.86 bits per heavy atom. The van der Waals surface area contributed by atoms with E-state index >= 15 is 0 Å². The lowest BCUT2D eigenvalue weighted by Crippen LogP contribution is -2.36. The number of hydrogen-bond acceptors (Lipinski definition) is 5. The minimum Gasteiger partial charge on any atom is -0.493 e.